The summed E-state index contributed by atoms with van der Waals surface area (Å²) >= 11 is 0. The molecule has 0 aliphatic heterocycles. The molecule has 7 nitrogen and oxygen atoms in total. The van der Waals surface area contributed by atoms with Crippen LogP contribution in [-0.4, -0.2) is 21.8 Å². The summed E-state index contributed by atoms with van der Waals surface area (Å²) in [7, 11) is -8.19. The second-order valence-corrected chi connectivity index (χ2v) is 8.58. The second-order valence-electron chi connectivity index (χ2n) is 5.48. The van der Waals surface area contributed by atoms with Crippen LogP contribution < -0.4 is 8.37 Å². The molecule has 1 heterocycles. The molecule has 0 radical (unpaired) electrons. The zero-order valence-corrected chi connectivity index (χ0v) is 15.8. The van der Waals surface area contributed by atoms with Crippen molar-refractivity contribution in [2.75, 3.05) is 0 Å². The van der Waals surface area contributed by atoms with Crippen molar-refractivity contribution in [3.63, 3.8) is 0 Å². The van der Waals surface area contributed by atoms with E-state index in [0.717, 1.165) is 6.07 Å². The Morgan fingerprint density at radius 1 is 0.704 bits per heavy atom. The number of aromatic nitrogens is 1. The van der Waals surface area contributed by atoms with Crippen LogP contribution >= 0.6 is 0 Å². The molecule has 0 saturated carbocycles. The summed E-state index contributed by atoms with van der Waals surface area (Å²) in [5, 5.41) is 0. The average molecular weight is 405 g/mol. The number of aryl methyl sites for hydroxylation is 1. The summed E-state index contributed by atoms with van der Waals surface area (Å²) in [6.07, 6.45) is 0. The van der Waals surface area contributed by atoms with Crippen molar-refractivity contribution < 1.29 is 25.2 Å². The normalized spacial score (nSPS) is 11.7. The molecule has 27 heavy (non-hydrogen) atoms. The molecule has 3 aromatic rings. The number of benzene rings is 2. The zero-order valence-electron chi connectivity index (χ0n) is 14.1. The first-order valence-electron chi connectivity index (χ1n) is 7.74. The summed E-state index contributed by atoms with van der Waals surface area (Å²) in [5.41, 5.74) is 0.328. The van der Waals surface area contributed by atoms with Crippen molar-refractivity contribution in [1.82, 2.24) is 4.98 Å². The smallest absolute Gasteiger partial charge is 0.340 e. The Kier molecular flexibility index (Phi) is 5.15. The fourth-order valence-corrected chi connectivity index (χ4v) is 4.04. The third-order valence-electron chi connectivity index (χ3n) is 3.37. The molecule has 0 aliphatic rings. The molecule has 0 amide bonds. The summed E-state index contributed by atoms with van der Waals surface area (Å²) in [4.78, 5) is 3.89. The summed E-state index contributed by atoms with van der Waals surface area (Å²) < 4.78 is 59.4. The van der Waals surface area contributed by atoms with Gasteiger partial charge in [-0.3, -0.25) is 0 Å². The quantitative estimate of drug-likeness (QED) is 0.581. The van der Waals surface area contributed by atoms with Crippen molar-refractivity contribution in [1.29, 1.82) is 0 Å². The van der Waals surface area contributed by atoms with E-state index in [9.17, 15) is 16.8 Å². The molecular weight excluding hydrogens is 390 g/mol. The molecule has 1 aromatic heterocycles. The van der Waals surface area contributed by atoms with E-state index in [1.807, 2.05) is 0 Å². The first-order valence-corrected chi connectivity index (χ1v) is 10.6. The summed E-state index contributed by atoms with van der Waals surface area (Å²) in [5.74, 6) is -0.401. The molecule has 0 fully saturated rings. The summed E-state index contributed by atoms with van der Waals surface area (Å²) in [6.45, 7) is 1.56. The Morgan fingerprint density at radius 3 is 1.70 bits per heavy atom. The van der Waals surface area contributed by atoms with Gasteiger partial charge in [-0.2, -0.15) is 16.8 Å². The van der Waals surface area contributed by atoms with Gasteiger partial charge in [0.2, 0.25) is 5.88 Å². The van der Waals surface area contributed by atoms with Crippen LogP contribution in [0.4, 0.5) is 0 Å². The molecule has 2 aromatic carbocycles. The second kappa shape index (κ2) is 7.37. The van der Waals surface area contributed by atoms with Crippen LogP contribution in [0.3, 0.4) is 0 Å². The molecule has 3 rings (SSSR count). The number of rotatable bonds is 6. The van der Waals surface area contributed by atoms with Gasteiger partial charge in [0.15, 0.2) is 0 Å². The Labute approximate surface area is 157 Å². The minimum Gasteiger partial charge on any atom is -0.379 e. The highest BCUT2D eigenvalue weighted by Crippen LogP contribution is 2.25. The predicted molar refractivity (Wildman–Crippen MR) is 97.5 cm³/mol. The maximum atomic E-state index is 12.3. The van der Waals surface area contributed by atoms with E-state index in [4.69, 9.17) is 8.37 Å². The van der Waals surface area contributed by atoms with Crippen LogP contribution in [0.25, 0.3) is 0 Å². The number of pyridine rings is 1. The minimum atomic E-state index is -4.11. The Morgan fingerprint density at radius 2 is 1.19 bits per heavy atom. The van der Waals surface area contributed by atoms with Gasteiger partial charge in [0.1, 0.15) is 15.5 Å². The van der Waals surface area contributed by atoms with Crippen LogP contribution in [0.1, 0.15) is 5.69 Å². The first kappa shape index (κ1) is 18.9. The Balaban J connectivity index is 1.89. The van der Waals surface area contributed by atoms with Crippen molar-refractivity contribution in [2.24, 2.45) is 0 Å². The SMILES string of the molecule is Cc1cc(OS(=O)(=O)c2ccccc2)cc(OS(=O)(=O)c2ccccc2)n1. The van der Waals surface area contributed by atoms with Gasteiger partial charge in [0, 0.05) is 17.8 Å². The van der Waals surface area contributed by atoms with Gasteiger partial charge in [0.25, 0.3) is 0 Å². The monoisotopic (exact) mass is 405 g/mol. The molecule has 0 N–H and O–H groups in total. The zero-order chi connectivity index (χ0) is 19.5. The number of nitrogens with zero attached hydrogens (tertiary/aromatic N) is 1. The van der Waals surface area contributed by atoms with Gasteiger partial charge in [-0.05, 0) is 31.2 Å². The molecular formula is C18H15NO6S2. The standard InChI is InChI=1S/C18H15NO6S2/c1-14-12-15(24-26(20,21)16-8-4-2-5-9-16)13-18(19-14)25-27(22,23)17-10-6-3-7-11-17/h2-13H,1H3. The van der Waals surface area contributed by atoms with Crippen molar-refractivity contribution >= 4 is 20.2 Å². The Hall–Kier alpha value is -2.91. The molecule has 140 valence electrons. The lowest BCUT2D eigenvalue weighted by atomic mass is 10.3. The van der Waals surface area contributed by atoms with Crippen LogP contribution in [0, 0.1) is 6.92 Å². The Bertz CT molecular complexity index is 1060. The van der Waals surface area contributed by atoms with Gasteiger partial charge in [-0.25, -0.2) is 4.98 Å². The highest BCUT2D eigenvalue weighted by atomic mass is 32.2. The van der Waals surface area contributed by atoms with Crippen LogP contribution in [0.15, 0.2) is 82.6 Å². The maximum absolute atomic E-state index is 12.3. The van der Waals surface area contributed by atoms with Gasteiger partial charge in [-0.1, -0.05) is 36.4 Å². The predicted octanol–water partition coefficient (Wildman–Crippen LogP) is 2.93. The van der Waals surface area contributed by atoms with E-state index in [1.54, 1.807) is 43.3 Å². The molecule has 9 heteroatoms. The molecule has 0 saturated heterocycles. The van der Waals surface area contributed by atoms with E-state index < -0.39 is 20.2 Å². The van der Waals surface area contributed by atoms with Crippen LogP contribution in [-0.2, 0) is 20.2 Å². The third kappa shape index (κ3) is 4.63. The fourth-order valence-electron chi connectivity index (χ4n) is 2.21. The molecule has 0 atom stereocenters. The van der Waals surface area contributed by atoms with E-state index in [0.29, 0.717) is 5.69 Å². The van der Waals surface area contributed by atoms with E-state index in [2.05, 4.69) is 4.98 Å². The molecule has 0 unspecified atom stereocenters. The van der Waals surface area contributed by atoms with E-state index in [-0.39, 0.29) is 21.4 Å². The lowest BCUT2D eigenvalue weighted by Crippen LogP contribution is -2.12. The number of hydrogen-bond donors (Lipinski definition) is 0. The molecule has 0 spiro atoms. The van der Waals surface area contributed by atoms with Gasteiger partial charge < -0.3 is 8.37 Å². The topological polar surface area (TPSA) is 99.6 Å². The van der Waals surface area contributed by atoms with Crippen molar-refractivity contribution in [3.8, 4) is 11.6 Å². The third-order valence-corrected chi connectivity index (χ3v) is 5.87. The van der Waals surface area contributed by atoms with Gasteiger partial charge in [0.05, 0.1) is 0 Å². The minimum absolute atomic E-state index is 0.0289. The maximum Gasteiger partial charge on any atom is 0.340 e. The van der Waals surface area contributed by atoms with Gasteiger partial charge >= 0.3 is 20.2 Å². The van der Waals surface area contributed by atoms with Crippen LogP contribution in [0.2, 0.25) is 0 Å². The largest absolute Gasteiger partial charge is 0.379 e. The molecule has 0 aliphatic carbocycles. The summed E-state index contributed by atoms with van der Waals surface area (Å²) in [6, 6.07) is 17.6. The fraction of sp³-hybridized carbons (Fsp3) is 0.0556. The van der Waals surface area contributed by atoms with Crippen molar-refractivity contribution in [3.05, 3.63) is 78.5 Å². The van der Waals surface area contributed by atoms with Crippen LogP contribution in [0.5, 0.6) is 11.6 Å². The highest BCUT2D eigenvalue weighted by molar-refractivity contribution is 7.87. The average Bonchev–Trinajstić information content (AvgIpc) is 2.62. The lowest BCUT2D eigenvalue weighted by molar-refractivity contribution is 0.467. The van der Waals surface area contributed by atoms with E-state index >= 15 is 0 Å². The highest BCUT2D eigenvalue weighted by Gasteiger charge is 2.20. The van der Waals surface area contributed by atoms with Gasteiger partial charge in [-0.15, -0.1) is 0 Å². The van der Waals surface area contributed by atoms with E-state index in [1.165, 1.54) is 30.3 Å². The van der Waals surface area contributed by atoms with Crippen molar-refractivity contribution in [2.45, 2.75) is 16.7 Å². The molecule has 0 bridgehead atoms. The number of hydrogen-bond acceptors (Lipinski definition) is 7. The first-order chi connectivity index (χ1) is 12.8. The lowest BCUT2D eigenvalue weighted by Gasteiger charge is -2.10.